The van der Waals surface area contributed by atoms with E-state index < -0.39 is 11.4 Å². The lowest BCUT2D eigenvalue weighted by atomic mass is 9.76. The average Bonchev–Trinajstić information content (AvgIpc) is 2.39. The normalized spacial score (nSPS) is 23.7. The number of likely N-dealkylation sites (tertiary alicyclic amines) is 1. The fraction of sp³-hybridized carbons (Fsp3) is 0.600. The van der Waals surface area contributed by atoms with Crippen LogP contribution >= 0.6 is 0 Å². The summed E-state index contributed by atoms with van der Waals surface area (Å²) in [7, 11) is 0. The number of nitrogens with zero attached hydrogens (tertiary/aromatic N) is 2. The summed E-state index contributed by atoms with van der Waals surface area (Å²) < 4.78 is 13.1. The highest BCUT2D eigenvalue weighted by molar-refractivity contribution is 5.75. The average molecular weight is 280 g/mol. The molecule has 0 bridgehead atoms. The Morgan fingerprint density at radius 3 is 3.00 bits per heavy atom. The van der Waals surface area contributed by atoms with Crippen LogP contribution in [0.15, 0.2) is 18.5 Å². The van der Waals surface area contributed by atoms with Crippen molar-refractivity contribution in [1.82, 2.24) is 9.88 Å². The Morgan fingerprint density at radius 2 is 2.35 bits per heavy atom. The van der Waals surface area contributed by atoms with Crippen LogP contribution in [0, 0.1) is 11.2 Å². The number of carboxylic acid groups (broad SMARTS) is 1. The van der Waals surface area contributed by atoms with Crippen LogP contribution in [0.5, 0.6) is 0 Å². The lowest BCUT2D eigenvalue weighted by molar-refractivity contribution is -0.153. The van der Waals surface area contributed by atoms with Gasteiger partial charge in [0.25, 0.3) is 0 Å². The lowest BCUT2D eigenvalue weighted by Gasteiger charge is -2.40. The number of carbonyl (C=O) groups is 1. The molecule has 5 heteroatoms. The number of aromatic nitrogens is 1. The number of aliphatic carboxylic acids is 1. The summed E-state index contributed by atoms with van der Waals surface area (Å²) >= 11 is 0. The first-order valence-corrected chi connectivity index (χ1v) is 7.11. The van der Waals surface area contributed by atoms with E-state index in [0.717, 1.165) is 31.4 Å². The fourth-order valence-electron chi connectivity index (χ4n) is 3.13. The van der Waals surface area contributed by atoms with Crippen molar-refractivity contribution in [2.75, 3.05) is 13.1 Å². The van der Waals surface area contributed by atoms with Crippen molar-refractivity contribution in [3.8, 4) is 0 Å². The minimum atomic E-state index is -0.707. The Hall–Kier alpha value is -1.49. The van der Waals surface area contributed by atoms with E-state index in [-0.39, 0.29) is 5.82 Å². The van der Waals surface area contributed by atoms with Crippen LogP contribution in [0.3, 0.4) is 0 Å². The van der Waals surface area contributed by atoms with Crippen molar-refractivity contribution in [1.29, 1.82) is 0 Å². The highest BCUT2D eigenvalue weighted by Gasteiger charge is 2.41. The van der Waals surface area contributed by atoms with Gasteiger partial charge in [0.15, 0.2) is 0 Å². The molecule has 1 saturated heterocycles. The minimum Gasteiger partial charge on any atom is -0.481 e. The topological polar surface area (TPSA) is 53.4 Å². The van der Waals surface area contributed by atoms with Gasteiger partial charge in [0, 0.05) is 19.3 Å². The Bertz CT molecular complexity index is 477. The van der Waals surface area contributed by atoms with E-state index >= 15 is 0 Å². The minimum absolute atomic E-state index is 0.349. The number of hydrogen-bond acceptors (Lipinski definition) is 3. The standard InChI is InChI=1S/C15H21FN2O2/c1-2-4-15(14(19)20)5-3-6-18(11-15)10-12-7-13(16)9-17-8-12/h7-9H,2-6,10-11H2,1H3,(H,19,20). The quantitative estimate of drug-likeness (QED) is 0.901. The third kappa shape index (κ3) is 3.33. The predicted octanol–water partition coefficient (Wildman–Crippen LogP) is 2.69. The van der Waals surface area contributed by atoms with Gasteiger partial charge in [0.1, 0.15) is 5.82 Å². The second-order valence-corrected chi connectivity index (χ2v) is 5.66. The Morgan fingerprint density at radius 1 is 1.55 bits per heavy atom. The Labute approximate surface area is 118 Å². The zero-order chi connectivity index (χ0) is 14.6. The largest absolute Gasteiger partial charge is 0.481 e. The maximum absolute atomic E-state index is 13.1. The first-order valence-electron chi connectivity index (χ1n) is 7.11. The van der Waals surface area contributed by atoms with Crippen molar-refractivity contribution in [2.24, 2.45) is 5.41 Å². The molecular formula is C15H21FN2O2. The van der Waals surface area contributed by atoms with Gasteiger partial charge in [-0.1, -0.05) is 13.3 Å². The molecule has 1 fully saturated rings. The SMILES string of the molecule is CCCC1(C(=O)O)CCCN(Cc2cncc(F)c2)C1. The van der Waals surface area contributed by atoms with Crippen molar-refractivity contribution >= 4 is 5.97 Å². The van der Waals surface area contributed by atoms with E-state index in [2.05, 4.69) is 9.88 Å². The molecule has 1 unspecified atom stereocenters. The molecule has 20 heavy (non-hydrogen) atoms. The van der Waals surface area contributed by atoms with Gasteiger partial charge in [0.2, 0.25) is 0 Å². The molecular weight excluding hydrogens is 259 g/mol. The number of carboxylic acids is 1. The molecule has 1 aliphatic rings. The summed E-state index contributed by atoms with van der Waals surface area (Å²) in [6.07, 6.45) is 5.98. The summed E-state index contributed by atoms with van der Waals surface area (Å²) in [6, 6.07) is 1.46. The van der Waals surface area contributed by atoms with E-state index in [1.807, 2.05) is 6.92 Å². The van der Waals surface area contributed by atoms with Gasteiger partial charge in [-0.05, 0) is 37.4 Å². The molecule has 1 N–H and O–H groups in total. The van der Waals surface area contributed by atoms with Crippen LogP contribution < -0.4 is 0 Å². The van der Waals surface area contributed by atoms with Crippen molar-refractivity contribution in [2.45, 2.75) is 39.2 Å². The number of rotatable bonds is 5. The van der Waals surface area contributed by atoms with Gasteiger partial charge < -0.3 is 5.11 Å². The van der Waals surface area contributed by atoms with Crippen molar-refractivity contribution < 1.29 is 14.3 Å². The van der Waals surface area contributed by atoms with Crippen LogP contribution in [0.1, 0.15) is 38.2 Å². The summed E-state index contributed by atoms with van der Waals surface area (Å²) in [5.41, 5.74) is 0.149. The predicted molar refractivity (Wildman–Crippen MR) is 73.7 cm³/mol. The van der Waals surface area contributed by atoms with Gasteiger partial charge in [-0.2, -0.15) is 0 Å². The highest BCUT2D eigenvalue weighted by atomic mass is 19.1. The smallest absolute Gasteiger partial charge is 0.310 e. The monoisotopic (exact) mass is 280 g/mol. The Kier molecular flexibility index (Phi) is 4.70. The second-order valence-electron chi connectivity index (χ2n) is 5.66. The molecule has 110 valence electrons. The maximum atomic E-state index is 13.1. The van der Waals surface area contributed by atoms with E-state index in [9.17, 15) is 14.3 Å². The van der Waals surface area contributed by atoms with Crippen LogP contribution in [0.4, 0.5) is 4.39 Å². The third-order valence-electron chi connectivity index (χ3n) is 4.01. The number of pyridine rings is 1. The molecule has 1 aliphatic heterocycles. The van der Waals surface area contributed by atoms with E-state index in [1.54, 1.807) is 6.20 Å². The zero-order valence-corrected chi connectivity index (χ0v) is 11.8. The molecule has 4 nitrogen and oxygen atoms in total. The molecule has 0 spiro atoms. The fourth-order valence-corrected chi connectivity index (χ4v) is 3.13. The van der Waals surface area contributed by atoms with Crippen LogP contribution in [-0.4, -0.2) is 34.0 Å². The molecule has 1 atom stereocenters. The van der Waals surface area contributed by atoms with Crippen LogP contribution in [0.2, 0.25) is 0 Å². The Balaban J connectivity index is 2.08. The van der Waals surface area contributed by atoms with Crippen molar-refractivity contribution in [3.05, 3.63) is 29.8 Å². The number of halogens is 1. The molecule has 2 heterocycles. The van der Waals surface area contributed by atoms with Gasteiger partial charge in [-0.15, -0.1) is 0 Å². The summed E-state index contributed by atoms with van der Waals surface area (Å²) in [5, 5.41) is 9.55. The second kappa shape index (κ2) is 6.31. The van der Waals surface area contributed by atoms with Gasteiger partial charge >= 0.3 is 5.97 Å². The molecule has 0 aliphatic carbocycles. The molecule has 1 aromatic rings. The highest BCUT2D eigenvalue weighted by Crippen LogP contribution is 2.35. The summed E-state index contributed by atoms with van der Waals surface area (Å²) in [4.78, 5) is 17.6. The lowest BCUT2D eigenvalue weighted by Crippen LogP contribution is -2.47. The van der Waals surface area contributed by atoms with Crippen LogP contribution in [0.25, 0.3) is 0 Å². The van der Waals surface area contributed by atoms with E-state index in [4.69, 9.17) is 0 Å². The van der Waals surface area contributed by atoms with Crippen LogP contribution in [-0.2, 0) is 11.3 Å². The molecule has 0 saturated carbocycles. The maximum Gasteiger partial charge on any atom is 0.310 e. The first kappa shape index (κ1) is 14.9. The van der Waals surface area contributed by atoms with Gasteiger partial charge in [0.05, 0.1) is 11.6 Å². The molecule has 0 radical (unpaired) electrons. The molecule has 1 aromatic heterocycles. The first-order chi connectivity index (χ1) is 9.55. The number of hydrogen-bond donors (Lipinski definition) is 1. The third-order valence-corrected chi connectivity index (χ3v) is 4.01. The summed E-state index contributed by atoms with van der Waals surface area (Å²) in [5.74, 6) is -1.06. The van der Waals surface area contributed by atoms with E-state index in [0.29, 0.717) is 19.5 Å². The van der Waals surface area contributed by atoms with Crippen molar-refractivity contribution in [3.63, 3.8) is 0 Å². The zero-order valence-electron chi connectivity index (χ0n) is 11.8. The van der Waals surface area contributed by atoms with Gasteiger partial charge in [-0.3, -0.25) is 14.7 Å². The number of piperidine rings is 1. The van der Waals surface area contributed by atoms with Gasteiger partial charge in [-0.25, -0.2) is 4.39 Å². The molecule has 2 rings (SSSR count). The summed E-state index contributed by atoms with van der Waals surface area (Å²) in [6.45, 7) is 3.96. The molecule has 0 aromatic carbocycles. The molecule has 0 amide bonds. The van der Waals surface area contributed by atoms with E-state index in [1.165, 1.54) is 12.3 Å².